The lowest BCUT2D eigenvalue weighted by Gasteiger charge is -2.22. The summed E-state index contributed by atoms with van der Waals surface area (Å²) in [6, 6.07) is 8.04. The number of nitrogen functional groups attached to an aromatic ring is 1. The normalized spacial score (nSPS) is 14.8. The van der Waals surface area contributed by atoms with Crippen molar-refractivity contribution in [1.29, 1.82) is 0 Å². The van der Waals surface area contributed by atoms with Crippen LogP contribution < -0.4 is 10.6 Å². The first-order valence-corrected chi connectivity index (χ1v) is 6.69. The van der Waals surface area contributed by atoms with E-state index in [2.05, 4.69) is 16.0 Å². The van der Waals surface area contributed by atoms with Crippen molar-refractivity contribution in [2.24, 2.45) is 0 Å². The van der Waals surface area contributed by atoms with E-state index in [1.807, 2.05) is 18.2 Å². The number of para-hydroxylation sites is 1. The average Bonchev–Trinajstić information content (AvgIpc) is 2.62. The Bertz CT molecular complexity index is 624. The number of nitrogens with zero attached hydrogens (tertiary/aromatic N) is 3. The Hall–Kier alpha value is -2.43. The van der Waals surface area contributed by atoms with E-state index in [0.29, 0.717) is 18.8 Å². The molecule has 1 aromatic carbocycles. The van der Waals surface area contributed by atoms with Gasteiger partial charge in [0, 0.05) is 12.1 Å². The van der Waals surface area contributed by atoms with E-state index < -0.39 is 0 Å². The van der Waals surface area contributed by atoms with Crippen LogP contribution in [0.25, 0.3) is 0 Å². The maximum Gasteiger partial charge on any atom is 0.227 e. The number of benzene rings is 1. The molecule has 0 unspecified atom stereocenters. The summed E-state index contributed by atoms with van der Waals surface area (Å²) < 4.78 is 0. The van der Waals surface area contributed by atoms with Gasteiger partial charge in [0.05, 0.1) is 24.6 Å². The van der Waals surface area contributed by atoms with Crippen LogP contribution in [0.4, 0.5) is 11.5 Å². The van der Waals surface area contributed by atoms with Gasteiger partial charge in [0.25, 0.3) is 0 Å². The number of hydrogen-bond acceptors (Lipinski definition) is 4. The largest absolute Gasteiger partial charge is 0.382 e. The lowest BCUT2D eigenvalue weighted by molar-refractivity contribution is -0.118. The quantitative estimate of drug-likeness (QED) is 0.903. The van der Waals surface area contributed by atoms with Crippen LogP contribution in [0, 0.1) is 0 Å². The van der Waals surface area contributed by atoms with E-state index in [-0.39, 0.29) is 5.91 Å². The van der Waals surface area contributed by atoms with Crippen molar-refractivity contribution in [3.05, 3.63) is 47.9 Å². The lowest BCUT2D eigenvalue weighted by atomic mass is 10.1. The molecule has 20 heavy (non-hydrogen) atoms. The maximum absolute atomic E-state index is 12.3. The highest BCUT2D eigenvalue weighted by molar-refractivity contribution is 5.94. The Morgan fingerprint density at radius 3 is 2.80 bits per heavy atom. The van der Waals surface area contributed by atoms with Gasteiger partial charge in [-0.15, -0.1) is 0 Å². The zero-order valence-electron chi connectivity index (χ0n) is 11.1. The van der Waals surface area contributed by atoms with Crippen molar-refractivity contribution in [3.8, 4) is 0 Å². The Morgan fingerprint density at radius 2 is 2.00 bits per heavy atom. The first kappa shape index (κ1) is 12.6. The summed E-state index contributed by atoms with van der Waals surface area (Å²) in [7, 11) is 0. The van der Waals surface area contributed by atoms with E-state index in [4.69, 9.17) is 5.73 Å². The number of carbonyl (C=O) groups is 1. The summed E-state index contributed by atoms with van der Waals surface area (Å²) in [5.41, 5.74) is 8.46. The van der Waals surface area contributed by atoms with Crippen molar-refractivity contribution >= 4 is 17.4 Å². The van der Waals surface area contributed by atoms with Crippen LogP contribution in [-0.2, 0) is 17.8 Å². The first-order valence-electron chi connectivity index (χ1n) is 6.69. The van der Waals surface area contributed by atoms with Gasteiger partial charge in [-0.3, -0.25) is 9.78 Å². The number of anilines is 2. The third-order valence-corrected chi connectivity index (χ3v) is 3.47. The molecule has 0 bridgehead atoms. The molecule has 2 aromatic rings. The molecule has 0 saturated carbocycles. The van der Waals surface area contributed by atoms with Gasteiger partial charge < -0.3 is 10.6 Å². The molecule has 2 heterocycles. The molecule has 5 nitrogen and oxygen atoms in total. The van der Waals surface area contributed by atoms with Gasteiger partial charge in [-0.05, 0) is 24.5 Å². The van der Waals surface area contributed by atoms with Crippen LogP contribution in [0.5, 0.6) is 0 Å². The molecule has 5 heteroatoms. The first-order chi connectivity index (χ1) is 9.74. The monoisotopic (exact) mass is 268 g/mol. The minimum Gasteiger partial charge on any atom is -0.382 e. The van der Waals surface area contributed by atoms with Crippen molar-refractivity contribution < 1.29 is 4.79 Å². The zero-order chi connectivity index (χ0) is 13.9. The minimum atomic E-state index is 0.133. The Balaban J connectivity index is 1.94. The van der Waals surface area contributed by atoms with Crippen LogP contribution in [0.2, 0.25) is 0 Å². The maximum atomic E-state index is 12.3. The lowest BCUT2D eigenvalue weighted by Crippen LogP contribution is -2.30. The molecule has 1 aliphatic heterocycles. The molecule has 0 spiro atoms. The molecule has 2 N–H and O–H groups in total. The fourth-order valence-corrected chi connectivity index (χ4v) is 2.47. The van der Waals surface area contributed by atoms with Crippen molar-refractivity contribution in [2.75, 3.05) is 10.6 Å². The number of carbonyl (C=O) groups excluding carboxylic acids is 1. The van der Waals surface area contributed by atoms with E-state index in [9.17, 15) is 4.79 Å². The Labute approximate surface area is 117 Å². The third kappa shape index (κ3) is 2.47. The predicted molar refractivity (Wildman–Crippen MR) is 77.0 cm³/mol. The van der Waals surface area contributed by atoms with Gasteiger partial charge in [0.15, 0.2) is 0 Å². The standard InChI is InChI=1S/C15H16N4O/c16-14-9-17-12(8-18-14)10-19-13-6-2-1-4-11(13)5-3-7-15(19)20/h1-2,4,6,8-9H,3,5,7,10H2,(H2,16,18). The predicted octanol–water partition coefficient (Wildman–Crippen LogP) is 1.93. The molecule has 102 valence electrons. The smallest absolute Gasteiger partial charge is 0.227 e. The number of fused-ring (bicyclic) bond motifs is 1. The number of rotatable bonds is 2. The molecule has 1 amide bonds. The fourth-order valence-electron chi connectivity index (χ4n) is 2.47. The number of hydrogen-bond donors (Lipinski definition) is 1. The minimum absolute atomic E-state index is 0.133. The molecule has 0 aliphatic carbocycles. The highest BCUT2D eigenvalue weighted by Crippen LogP contribution is 2.27. The van der Waals surface area contributed by atoms with Crippen molar-refractivity contribution in [3.63, 3.8) is 0 Å². The zero-order valence-corrected chi connectivity index (χ0v) is 11.1. The Kier molecular flexibility index (Phi) is 3.33. The SMILES string of the molecule is Nc1cnc(CN2C(=O)CCCc3ccccc32)cn1. The third-order valence-electron chi connectivity index (χ3n) is 3.47. The van der Waals surface area contributed by atoms with Gasteiger partial charge in [0.1, 0.15) is 5.82 Å². The van der Waals surface area contributed by atoms with Gasteiger partial charge in [-0.2, -0.15) is 0 Å². The molecule has 1 aromatic heterocycles. The highest BCUT2D eigenvalue weighted by Gasteiger charge is 2.22. The summed E-state index contributed by atoms with van der Waals surface area (Å²) in [5.74, 6) is 0.518. The van der Waals surface area contributed by atoms with Crippen LogP contribution in [-0.4, -0.2) is 15.9 Å². The van der Waals surface area contributed by atoms with Crippen molar-refractivity contribution in [2.45, 2.75) is 25.8 Å². The van der Waals surface area contributed by atoms with Crippen molar-refractivity contribution in [1.82, 2.24) is 9.97 Å². The van der Waals surface area contributed by atoms with Crippen LogP contribution in [0.15, 0.2) is 36.7 Å². The second-order valence-corrected chi connectivity index (χ2v) is 4.89. The van der Waals surface area contributed by atoms with E-state index in [0.717, 1.165) is 24.2 Å². The molecular weight excluding hydrogens is 252 g/mol. The molecule has 1 aliphatic rings. The molecule has 0 fully saturated rings. The van der Waals surface area contributed by atoms with Crippen LogP contribution in [0.1, 0.15) is 24.1 Å². The summed E-state index contributed by atoms with van der Waals surface area (Å²) in [6.07, 6.45) is 5.53. The molecular formula is C15H16N4O. The van der Waals surface area contributed by atoms with Crippen LogP contribution in [0.3, 0.4) is 0 Å². The summed E-state index contributed by atoms with van der Waals surface area (Å²) in [6.45, 7) is 0.434. The van der Waals surface area contributed by atoms with Gasteiger partial charge in [-0.25, -0.2) is 4.98 Å². The summed E-state index contributed by atoms with van der Waals surface area (Å²) in [4.78, 5) is 22.4. The van der Waals surface area contributed by atoms with Crippen LogP contribution >= 0.6 is 0 Å². The highest BCUT2D eigenvalue weighted by atomic mass is 16.2. The number of aromatic nitrogens is 2. The molecule has 3 rings (SSSR count). The number of aryl methyl sites for hydroxylation is 1. The number of nitrogens with two attached hydrogens (primary N) is 1. The van der Waals surface area contributed by atoms with Gasteiger partial charge in [-0.1, -0.05) is 18.2 Å². The molecule has 0 atom stereocenters. The van der Waals surface area contributed by atoms with Gasteiger partial charge >= 0.3 is 0 Å². The van der Waals surface area contributed by atoms with E-state index in [1.54, 1.807) is 11.1 Å². The average molecular weight is 268 g/mol. The fraction of sp³-hybridized carbons (Fsp3) is 0.267. The topological polar surface area (TPSA) is 72.1 Å². The summed E-state index contributed by atoms with van der Waals surface area (Å²) >= 11 is 0. The molecule has 0 radical (unpaired) electrons. The second-order valence-electron chi connectivity index (χ2n) is 4.89. The second kappa shape index (κ2) is 5.28. The number of amides is 1. The van der Waals surface area contributed by atoms with E-state index in [1.165, 1.54) is 11.8 Å². The Morgan fingerprint density at radius 1 is 1.15 bits per heavy atom. The summed E-state index contributed by atoms with van der Waals surface area (Å²) in [5, 5.41) is 0. The van der Waals surface area contributed by atoms with E-state index >= 15 is 0 Å². The van der Waals surface area contributed by atoms with Gasteiger partial charge in [0.2, 0.25) is 5.91 Å². The molecule has 0 saturated heterocycles.